The predicted molar refractivity (Wildman–Crippen MR) is 42.9 cm³/mol. The second-order valence-corrected chi connectivity index (χ2v) is 2.76. The Balaban J connectivity index is 1.93. The van der Waals surface area contributed by atoms with Crippen molar-refractivity contribution in [2.75, 3.05) is 26.2 Å². The lowest BCUT2D eigenvalue weighted by Gasteiger charge is -2.26. The van der Waals surface area contributed by atoms with E-state index in [2.05, 4.69) is 21.4 Å². The van der Waals surface area contributed by atoms with Gasteiger partial charge in [-0.3, -0.25) is 0 Å². The van der Waals surface area contributed by atoms with Gasteiger partial charge in [0.25, 0.3) is 0 Å². The van der Waals surface area contributed by atoms with E-state index < -0.39 is 0 Å². The van der Waals surface area contributed by atoms with Crippen molar-refractivity contribution >= 4 is 6.21 Å². The molecular formula is C7H13N4+. The molecule has 2 aliphatic rings. The van der Waals surface area contributed by atoms with Gasteiger partial charge in [0, 0.05) is 32.3 Å². The number of nitrogens with one attached hydrogen (secondary N) is 1. The third-order valence-electron chi connectivity index (χ3n) is 2.02. The molecule has 0 unspecified atom stereocenters. The maximum absolute atomic E-state index is 4.04. The van der Waals surface area contributed by atoms with Crippen LogP contribution in [0.5, 0.6) is 0 Å². The summed E-state index contributed by atoms with van der Waals surface area (Å²) in [7, 11) is 0. The minimum Gasteiger partial charge on any atom is -0.324 e. The molecule has 0 radical (unpaired) electrons. The van der Waals surface area contributed by atoms with Gasteiger partial charge in [0.05, 0.1) is 6.21 Å². The van der Waals surface area contributed by atoms with Crippen LogP contribution in [0.4, 0.5) is 0 Å². The van der Waals surface area contributed by atoms with Crippen LogP contribution in [0, 0.1) is 0 Å². The van der Waals surface area contributed by atoms with Gasteiger partial charge in [-0.15, -0.1) is 0 Å². The lowest BCUT2D eigenvalue weighted by molar-refractivity contribution is -0.623. The first-order chi connectivity index (χ1) is 5.47. The van der Waals surface area contributed by atoms with E-state index in [1.807, 2.05) is 11.6 Å². The van der Waals surface area contributed by atoms with E-state index in [1.54, 1.807) is 0 Å². The van der Waals surface area contributed by atoms with Gasteiger partial charge in [-0.05, 0) is 0 Å². The molecule has 2 aliphatic heterocycles. The molecule has 1 saturated heterocycles. The minimum atomic E-state index is 1.09. The van der Waals surface area contributed by atoms with E-state index >= 15 is 0 Å². The van der Waals surface area contributed by atoms with Crippen molar-refractivity contribution in [2.24, 2.45) is 5.10 Å². The molecule has 1 fully saturated rings. The molecule has 0 amide bonds. The van der Waals surface area contributed by atoms with Gasteiger partial charge >= 0.3 is 0 Å². The van der Waals surface area contributed by atoms with Crippen LogP contribution in [-0.4, -0.2) is 37.3 Å². The van der Waals surface area contributed by atoms with Gasteiger partial charge in [0.1, 0.15) is 0 Å². The van der Waals surface area contributed by atoms with E-state index in [-0.39, 0.29) is 0 Å². The lowest BCUT2D eigenvalue weighted by Crippen LogP contribution is -2.78. The fourth-order valence-corrected chi connectivity index (χ4v) is 1.39. The van der Waals surface area contributed by atoms with Crippen molar-refractivity contribution < 1.29 is 5.43 Å². The number of hydrogen-bond acceptors (Lipinski definition) is 3. The van der Waals surface area contributed by atoms with Crippen LogP contribution in [0.25, 0.3) is 0 Å². The van der Waals surface area contributed by atoms with Crippen LogP contribution >= 0.6 is 0 Å². The summed E-state index contributed by atoms with van der Waals surface area (Å²) in [6.07, 6.45) is 3.91. The molecule has 0 spiro atoms. The number of quaternary nitrogens is 1. The third kappa shape index (κ3) is 1.41. The lowest BCUT2D eigenvalue weighted by atomic mass is 10.3. The summed E-state index contributed by atoms with van der Waals surface area (Å²) in [5.41, 5.74) is 1.92. The molecule has 3 N–H and O–H groups in total. The minimum absolute atomic E-state index is 1.09. The Morgan fingerprint density at radius 1 is 1.45 bits per heavy atom. The molecule has 0 aromatic rings. The van der Waals surface area contributed by atoms with Gasteiger partial charge in [0.15, 0.2) is 0 Å². The van der Waals surface area contributed by atoms with E-state index in [1.165, 1.54) is 5.82 Å². The average molecular weight is 153 g/mol. The highest BCUT2D eigenvalue weighted by Crippen LogP contribution is 1.98. The van der Waals surface area contributed by atoms with E-state index in [0.29, 0.717) is 0 Å². The molecule has 0 saturated carbocycles. The van der Waals surface area contributed by atoms with Crippen molar-refractivity contribution in [1.29, 1.82) is 0 Å². The van der Waals surface area contributed by atoms with E-state index in [4.69, 9.17) is 0 Å². The van der Waals surface area contributed by atoms with Crippen LogP contribution in [0.3, 0.4) is 0 Å². The molecule has 60 valence electrons. The summed E-state index contributed by atoms with van der Waals surface area (Å²) >= 11 is 0. The summed E-state index contributed by atoms with van der Waals surface area (Å²) in [6, 6.07) is 0. The smallest absolute Gasteiger partial charge is 0.229 e. The predicted octanol–water partition coefficient (Wildman–Crippen LogP) is -1.70. The van der Waals surface area contributed by atoms with Crippen LogP contribution in [-0.2, 0) is 0 Å². The first-order valence-corrected chi connectivity index (χ1v) is 3.99. The molecule has 2 heterocycles. The number of rotatable bonds is 1. The van der Waals surface area contributed by atoms with Crippen LogP contribution < -0.4 is 10.7 Å². The van der Waals surface area contributed by atoms with Gasteiger partial charge < -0.3 is 10.2 Å². The quantitative estimate of drug-likeness (QED) is 0.441. The van der Waals surface area contributed by atoms with Crippen LogP contribution in [0.1, 0.15) is 0 Å². The Bertz CT molecular complexity index is 191. The van der Waals surface area contributed by atoms with Crippen molar-refractivity contribution in [2.45, 2.75) is 0 Å². The molecule has 0 aliphatic carbocycles. The number of allylic oxidation sites excluding steroid dienone is 1. The Hall–Kier alpha value is -0.870. The summed E-state index contributed by atoms with van der Waals surface area (Å²) in [4.78, 5) is 2.35. The zero-order valence-corrected chi connectivity index (χ0v) is 6.45. The monoisotopic (exact) mass is 153 g/mol. The second-order valence-electron chi connectivity index (χ2n) is 2.76. The Labute approximate surface area is 66.0 Å². The van der Waals surface area contributed by atoms with Crippen molar-refractivity contribution in [3.63, 3.8) is 0 Å². The SMILES string of the molecule is C1=N[NH2+]C(N2CCNCC2)=C1. The Morgan fingerprint density at radius 3 is 2.91 bits per heavy atom. The van der Waals surface area contributed by atoms with Crippen molar-refractivity contribution in [1.82, 2.24) is 10.2 Å². The highest BCUT2D eigenvalue weighted by molar-refractivity contribution is 5.71. The number of nitrogens with two attached hydrogens (primary N) is 1. The summed E-state index contributed by atoms with van der Waals surface area (Å²) < 4.78 is 0. The molecule has 0 aromatic heterocycles. The Morgan fingerprint density at radius 2 is 2.27 bits per heavy atom. The van der Waals surface area contributed by atoms with Gasteiger partial charge in [0.2, 0.25) is 5.82 Å². The van der Waals surface area contributed by atoms with Crippen molar-refractivity contribution in [3.05, 3.63) is 11.9 Å². The molecule has 4 heteroatoms. The van der Waals surface area contributed by atoms with Gasteiger partial charge in [-0.25, -0.2) is 0 Å². The molecule has 0 aromatic carbocycles. The molecule has 2 rings (SSSR count). The highest BCUT2D eigenvalue weighted by Gasteiger charge is 2.17. The highest BCUT2D eigenvalue weighted by atomic mass is 15.4. The van der Waals surface area contributed by atoms with Crippen LogP contribution in [0.2, 0.25) is 0 Å². The molecule has 4 nitrogen and oxygen atoms in total. The zero-order valence-electron chi connectivity index (χ0n) is 6.45. The normalized spacial score (nSPS) is 24.0. The zero-order chi connectivity index (χ0) is 7.52. The fourth-order valence-electron chi connectivity index (χ4n) is 1.39. The first-order valence-electron chi connectivity index (χ1n) is 3.99. The molecule has 0 atom stereocenters. The maximum Gasteiger partial charge on any atom is 0.229 e. The number of piperazine rings is 1. The van der Waals surface area contributed by atoms with Crippen molar-refractivity contribution in [3.8, 4) is 0 Å². The first kappa shape index (κ1) is 6.82. The summed E-state index contributed by atoms with van der Waals surface area (Å²) in [5, 5.41) is 7.35. The summed E-state index contributed by atoms with van der Waals surface area (Å²) in [6.45, 7) is 4.38. The topological polar surface area (TPSA) is 44.2 Å². The van der Waals surface area contributed by atoms with Gasteiger partial charge in [-0.1, -0.05) is 5.10 Å². The largest absolute Gasteiger partial charge is 0.324 e. The van der Waals surface area contributed by atoms with E-state index in [9.17, 15) is 0 Å². The van der Waals surface area contributed by atoms with Crippen LogP contribution in [0.15, 0.2) is 17.0 Å². The average Bonchev–Trinajstić information content (AvgIpc) is 2.58. The molecule has 11 heavy (non-hydrogen) atoms. The Kier molecular flexibility index (Phi) is 1.87. The maximum atomic E-state index is 4.04. The molecule has 0 bridgehead atoms. The summed E-state index contributed by atoms with van der Waals surface area (Å²) in [5.74, 6) is 1.26. The number of nitrogens with zero attached hydrogens (tertiary/aromatic N) is 2. The number of hydrogen-bond donors (Lipinski definition) is 2. The van der Waals surface area contributed by atoms with Gasteiger partial charge in [-0.2, -0.15) is 5.43 Å². The van der Waals surface area contributed by atoms with E-state index in [0.717, 1.165) is 26.2 Å². The second kappa shape index (κ2) is 3.02. The molecular weight excluding hydrogens is 140 g/mol. The standard InChI is InChI=1S/C7H12N4/c1-2-9-10-7(1)11-5-3-8-4-6-11/h1-2,8H,3-6H2,(H,9,10)/p+1. The third-order valence-corrected chi connectivity index (χ3v) is 2.02. The fraction of sp³-hybridized carbons (Fsp3) is 0.571.